The summed E-state index contributed by atoms with van der Waals surface area (Å²) in [6, 6.07) is 30.8. The van der Waals surface area contributed by atoms with Gasteiger partial charge in [0.05, 0.1) is 36.0 Å². The molecule has 2 aromatic carbocycles. The van der Waals surface area contributed by atoms with Gasteiger partial charge in [-0.05, 0) is 83.6 Å². The zero-order chi connectivity index (χ0) is 31.8. The lowest BCUT2D eigenvalue weighted by molar-refractivity contribution is 0.259. The van der Waals surface area contributed by atoms with Gasteiger partial charge in [0.25, 0.3) is 0 Å². The number of pyridine rings is 3. The number of hydrogen-bond acceptors (Lipinski definition) is 5. The summed E-state index contributed by atoms with van der Waals surface area (Å²) in [5, 5.41) is 0. The lowest BCUT2D eigenvalue weighted by atomic mass is 10.0. The van der Waals surface area contributed by atoms with Crippen molar-refractivity contribution in [2.24, 2.45) is 0 Å². The van der Waals surface area contributed by atoms with Crippen LogP contribution in [0.25, 0.3) is 46.1 Å². The van der Waals surface area contributed by atoms with E-state index < -0.39 is 0 Å². The molecule has 0 saturated heterocycles. The fourth-order valence-corrected chi connectivity index (χ4v) is 5.25. The van der Waals surface area contributed by atoms with Crippen molar-refractivity contribution >= 4 is 12.2 Å². The van der Waals surface area contributed by atoms with Gasteiger partial charge >= 0.3 is 0 Å². The second kappa shape index (κ2) is 17.6. The van der Waals surface area contributed by atoms with E-state index in [4.69, 9.17) is 14.5 Å². The quantitative estimate of drug-likeness (QED) is 0.0773. The van der Waals surface area contributed by atoms with Crippen molar-refractivity contribution in [2.75, 3.05) is 13.2 Å². The molecule has 5 aromatic rings. The van der Waals surface area contributed by atoms with Crippen LogP contribution >= 0.6 is 0 Å². The van der Waals surface area contributed by atoms with Gasteiger partial charge in [-0.1, -0.05) is 107 Å². The summed E-state index contributed by atoms with van der Waals surface area (Å²) in [5.74, 6) is 1.66. The maximum atomic E-state index is 6.23. The lowest BCUT2D eigenvalue weighted by Gasteiger charge is -2.14. The number of nitrogens with zero attached hydrogens (tertiary/aromatic N) is 3. The molecule has 0 saturated carbocycles. The molecule has 5 rings (SSSR count). The summed E-state index contributed by atoms with van der Waals surface area (Å²) in [6.07, 6.45) is 17.3. The van der Waals surface area contributed by atoms with Gasteiger partial charge in [-0.15, -0.1) is 0 Å². The van der Waals surface area contributed by atoms with Gasteiger partial charge in [0.15, 0.2) is 11.5 Å². The highest BCUT2D eigenvalue weighted by Crippen LogP contribution is 2.31. The van der Waals surface area contributed by atoms with Crippen LogP contribution in [0.1, 0.15) is 76.3 Å². The Kier molecular flexibility index (Phi) is 12.5. The van der Waals surface area contributed by atoms with E-state index in [-0.39, 0.29) is 0 Å². The van der Waals surface area contributed by atoms with Crippen molar-refractivity contribution in [1.29, 1.82) is 0 Å². The standard InChI is InChI=1S/C41H45N3O2/c1-3-5-7-13-27-45-40-24-21-33(29-41(40)46-28-14-8-6-4-2)18-17-32-19-22-34(23-20-32)35-30-38(36-15-9-11-25-42-36)44-39(31-35)37-16-10-12-26-43-37/h9-12,15-26,29-31H,3-8,13-14,27-28H2,1-2H3/b18-17+. The van der Waals surface area contributed by atoms with Gasteiger partial charge in [-0.2, -0.15) is 0 Å². The van der Waals surface area contributed by atoms with Gasteiger partial charge in [0, 0.05) is 12.4 Å². The molecule has 3 aromatic heterocycles. The Balaban J connectivity index is 1.33. The molecule has 0 spiro atoms. The summed E-state index contributed by atoms with van der Waals surface area (Å²) < 4.78 is 12.4. The summed E-state index contributed by atoms with van der Waals surface area (Å²) >= 11 is 0. The van der Waals surface area contributed by atoms with Crippen molar-refractivity contribution in [3.8, 4) is 45.4 Å². The number of ether oxygens (including phenoxy) is 2. The Bertz CT molecular complexity index is 1590. The Morgan fingerprint density at radius 3 is 1.63 bits per heavy atom. The SMILES string of the molecule is CCCCCCOc1ccc(/C=C/c2ccc(-c3cc(-c4ccccn4)nc(-c4ccccn4)c3)cc2)cc1OCCCCCC. The van der Waals surface area contributed by atoms with Crippen molar-refractivity contribution in [3.05, 3.63) is 115 Å². The smallest absolute Gasteiger partial charge is 0.161 e. The van der Waals surface area contributed by atoms with Crippen LogP contribution in [-0.4, -0.2) is 28.2 Å². The van der Waals surface area contributed by atoms with Crippen molar-refractivity contribution in [2.45, 2.75) is 65.2 Å². The van der Waals surface area contributed by atoms with Crippen molar-refractivity contribution in [3.63, 3.8) is 0 Å². The zero-order valence-corrected chi connectivity index (χ0v) is 27.2. The molecule has 0 aliphatic carbocycles. The first-order valence-corrected chi connectivity index (χ1v) is 16.8. The van der Waals surface area contributed by atoms with Crippen LogP contribution in [0.2, 0.25) is 0 Å². The highest BCUT2D eigenvalue weighted by atomic mass is 16.5. The summed E-state index contributed by atoms with van der Waals surface area (Å²) in [6.45, 7) is 5.89. The number of benzene rings is 2. The fourth-order valence-electron chi connectivity index (χ4n) is 5.25. The van der Waals surface area contributed by atoms with E-state index in [0.717, 1.165) is 76.0 Å². The van der Waals surface area contributed by atoms with Crippen LogP contribution in [0, 0.1) is 0 Å². The van der Waals surface area contributed by atoms with Gasteiger partial charge in [-0.25, -0.2) is 4.98 Å². The molecule has 5 heteroatoms. The highest BCUT2D eigenvalue weighted by Gasteiger charge is 2.11. The molecule has 0 aliphatic heterocycles. The van der Waals surface area contributed by atoms with E-state index in [2.05, 4.69) is 84.5 Å². The molecule has 3 heterocycles. The van der Waals surface area contributed by atoms with Crippen LogP contribution in [0.3, 0.4) is 0 Å². The molecular weight excluding hydrogens is 566 g/mol. The maximum Gasteiger partial charge on any atom is 0.161 e. The minimum Gasteiger partial charge on any atom is -0.490 e. The molecule has 0 bridgehead atoms. The van der Waals surface area contributed by atoms with E-state index in [0.29, 0.717) is 6.61 Å². The van der Waals surface area contributed by atoms with Crippen molar-refractivity contribution < 1.29 is 9.47 Å². The third-order valence-corrected chi connectivity index (χ3v) is 7.87. The van der Waals surface area contributed by atoms with Crippen LogP contribution in [0.15, 0.2) is 103 Å². The highest BCUT2D eigenvalue weighted by molar-refractivity contribution is 5.77. The molecule has 5 nitrogen and oxygen atoms in total. The van der Waals surface area contributed by atoms with E-state index in [1.807, 2.05) is 42.5 Å². The Morgan fingerprint density at radius 2 is 1.07 bits per heavy atom. The van der Waals surface area contributed by atoms with E-state index in [1.165, 1.54) is 38.5 Å². The van der Waals surface area contributed by atoms with E-state index in [9.17, 15) is 0 Å². The second-order valence-electron chi connectivity index (χ2n) is 11.5. The molecule has 46 heavy (non-hydrogen) atoms. The first-order chi connectivity index (χ1) is 22.7. The minimum absolute atomic E-state index is 0.708. The third kappa shape index (κ3) is 9.61. The van der Waals surface area contributed by atoms with E-state index >= 15 is 0 Å². The number of hydrogen-bond donors (Lipinski definition) is 0. The number of unbranched alkanes of at least 4 members (excludes halogenated alkanes) is 6. The molecule has 0 radical (unpaired) electrons. The van der Waals surface area contributed by atoms with Gasteiger partial charge < -0.3 is 9.47 Å². The van der Waals surface area contributed by atoms with Gasteiger partial charge in [-0.3, -0.25) is 9.97 Å². The summed E-state index contributed by atoms with van der Waals surface area (Å²) in [4.78, 5) is 14.0. The first kappa shape index (κ1) is 32.6. The number of aromatic nitrogens is 3. The normalized spacial score (nSPS) is 11.2. The monoisotopic (exact) mass is 611 g/mol. The van der Waals surface area contributed by atoms with Crippen LogP contribution in [0.4, 0.5) is 0 Å². The molecular formula is C41H45N3O2. The second-order valence-corrected chi connectivity index (χ2v) is 11.5. The Hall–Kier alpha value is -4.77. The average Bonchev–Trinajstić information content (AvgIpc) is 3.12. The average molecular weight is 612 g/mol. The topological polar surface area (TPSA) is 57.1 Å². The van der Waals surface area contributed by atoms with Crippen LogP contribution in [0.5, 0.6) is 11.5 Å². The lowest BCUT2D eigenvalue weighted by Crippen LogP contribution is -2.03. The molecule has 0 unspecified atom stereocenters. The fraction of sp³-hybridized carbons (Fsp3) is 0.293. The zero-order valence-electron chi connectivity index (χ0n) is 27.2. The molecule has 0 amide bonds. The molecule has 0 aliphatic rings. The van der Waals surface area contributed by atoms with Gasteiger partial charge in [0.2, 0.25) is 0 Å². The van der Waals surface area contributed by atoms with Crippen LogP contribution in [-0.2, 0) is 0 Å². The van der Waals surface area contributed by atoms with Crippen molar-refractivity contribution in [1.82, 2.24) is 15.0 Å². The molecule has 0 fully saturated rings. The van der Waals surface area contributed by atoms with Gasteiger partial charge in [0.1, 0.15) is 0 Å². The third-order valence-electron chi connectivity index (χ3n) is 7.87. The summed E-state index contributed by atoms with van der Waals surface area (Å²) in [5.41, 5.74) is 7.67. The number of rotatable bonds is 17. The predicted molar refractivity (Wildman–Crippen MR) is 191 cm³/mol. The summed E-state index contributed by atoms with van der Waals surface area (Å²) in [7, 11) is 0. The minimum atomic E-state index is 0.708. The molecule has 236 valence electrons. The Morgan fingerprint density at radius 1 is 0.500 bits per heavy atom. The first-order valence-electron chi connectivity index (χ1n) is 16.8. The maximum absolute atomic E-state index is 6.23. The predicted octanol–water partition coefficient (Wildman–Crippen LogP) is 11.0. The van der Waals surface area contributed by atoms with E-state index in [1.54, 1.807) is 12.4 Å². The molecule has 0 atom stereocenters. The van der Waals surface area contributed by atoms with Crippen LogP contribution < -0.4 is 9.47 Å². The molecule has 0 N–H and O–H groups in total. The largest absolute Gasteiger partial charge is 0.490 e. The Labute approximate surface area is 274 Å².